The lowest BCUT2D eigenvalue weighted by molar-refractivity contribution is -0.146. The monoisotopic (exact) mass is 353 g/mol. The quantitative estimate of drug-likeness (QED) is 0.428. The van der Waals surface area contributed by atoms with Gasteiger partial charge in [-0.1, -0.05) is 80.3 Å². The topological polar surface area (TPSA) is 38.7 Å². The molecule has 0 aromatic heterocycles. The van der Waals surface area contributed by atoms with Crippen LogP contribution in [-0.4, -0.2) is 31.5 Å². The molecule has 2 rings (SSSR count). The van der Waals surface area contributed by atoms with Crippen LogP contribution < -0.4 is 0 Å². The second kappa shape index (κ2) is 7.79. The molecular weight excluding hydrogens is 326 g/mol. The maximum absolute atomic E-state index is 12.8. The molecule has 1 atom stereocenters. The molecular formula is C21H27NO2Si. The molecule has 2 aromatic rings. The van der Waals surface area contributed by atoms with E-state index >= 15 is 0 Å². The molecule has 1 unspecified atom stereocenters. The summed E-state index contributed by atoms with van der Waals surface area (Å²) in [4.78, 5) is 17.9. The van der Waals surface area contributed by atoms with E-state index in [1.165, 1.54) is 0 Å². The predicted octanol–water partition coefficient (Wildman–Crippen LogP) is 4.72. The number of carbonyl (C=O) groups is 1. The summed E-state index contributed by atoms with van der Waals surface area (Å²) in [6.45, 7) is 10.6. The van der Waals surface area contributed by atoms with Crippen LogP contribution in [0, 0.1) is 0 Å². The third kappa shape index (κ3) is 4.26. The van der Waals surface area contributed by atoms with Gasteiger partial charge in [-0.3, -0.25) is 4.99 Å². The molecule has 0 N–H and O–H groups in total. The predicted molar refractivity (Wildman–Crippen MR) is 107 cm³/mol. The number of nitrogens with zero attached hydrogens (tertiary/aromatic N) is 1. The Bertz CT molecular complexity index is 694. The number of ether oxygens (including phenoxy) is 1. The van der Waals surface area contributed by atoms with E-state index in [1.807, 2.05) is 74.5 Å². The van der Waals surface area contributed by atoms with Crippen molar-refractivity contribution in [2.75, 3.05) is 6.61 Å². The lowest BCUT2D eigenvalue weighted by atomic mass is 10.0. The SMILES string of the molecule is CCOC(=O)C(C)(N=C(c1ccccc1)c1ccccc1)[Si](C)(C)C. The summed E-state index contributed by atoms with van der Waals surface area (Å²) in [6.07, 6.45) is 0. The highest BCUT2D eigenvalue weighted by Gasteiger charge is 2.47. The maximum Gasteiger partial charge on any atom is 0.330 e. The lowest BCUT2D eigenvalue weighted by Gasteiger charge is -2.35. The molecule has 3 nitrogen and oxygen atoms in total. The minimum absolute atomic E-state index is 0.237. The van der Waals surface area contributed by atoms with E-state index in [-0.39, 0.29) is 5.97 Å². The Hall–Kier alpha value is -2.20. The minimum atomic E-state index is -2.00. The van der Waals surface area contributed by atoms with Crippen LogP contribution in [0.15, 0.2) is 65.7 Å². The van der Waals surface area contributed by atoms with Gasteiger partial charge in [0, 0.05) is 11.1 Å². The van der Waals surface area contributed by atoms with E-state index in [9.17, 15) is 4.79 Å². The Morgan fingerprint density at radius 2 is 1.40 bits per heavy atom. The van der Waals surface area contributed by atoms with Crippen LogP contribution >= 0.6 is 0 Å². The maximum atomic E-state index is 12.8. The Morgan fingerprint density at radius 1 is 0.960 bits per heavy atom. The zero-order chi connectivity index (χ0) is 18.5. The average molecular weight is 354 g/mol. The van der Waals surface area contributed by atoms with Gasteiger partial charge < -0.3 is 4.74 Å². The van der Waals surface area contributed by atoms with Gasteiger partial charge in [-0.25, -0.2) is 4.79 Å². The Morgan fingerprint density at radius 3 is 1.76 bits per heavy atom. The van der Waals surface area contributed by atoms with Gasteiger partial charge in [0.05, 0.1) is 20.4 Å². The molecule has 0 bridgehead atoms. The summed E-state index contributed by atoms with van der Waals surface area (Å²) in [6, 6.07) is 20.0. The fraction of sp³-hybridized carbons (Fsp3) is 0.333. The summed E-state index contributed by atoms with van der Waals surface area (Å²) >= 11 is 0. The van der Waals surface area contributed by atoms with Gasteiger partial charge in [-0.15, -0.1) is 0 Å². The molecule has 0 aliphatic carbocycles. The molecule has 0 aliphatic rings. The molecule has 132 valence electrons. The van der Waals surface area contributed by atoms with Crippen molar-refractivity contribution in [3.63, 3.8) is 0 Å². The minimum Gasteiger partial charge on any atom is -0.464 e. The van der Waals surface area contributed by atoms with Crippen molar-refractivity contribution in [2.24, 2.45) is 4.99 Å². The first-order valence-electron chi connectivity index (χ1n) is 8.67. The number of rotatable bonds is 6. The third-order valence-electron chi connectivity index (χ3n) is 4.56. The standard InChI is InChI=1S/C21H27NO2Si/c1-6-24-20(23)21(2,25(3,4)5)22-19(17-13-9-7-10-14-17)18-15-11-8-12-16-18/h7-16H,6H2,1-5H3. The van der Waals surface area contributed by atoms with Crippen molar-refractivity contribution in [2.45, 2.75) is 38.7 Å². The summed E-state index contributed by atoms with van der Waals surface area (Å²) in [5, 5.41) is -0.857. The van der Waals surface area contributed by atoms with E-state index in [1.54, 1.807) is 0 Å². The van der Waals surface area contributed by atoms with Gasteiger partial charge in [-0.2, -0.15) is 0 Å². The molecule has 0 amide bonds. The summed E-state index contributed by atoms with van der Waals surface area (Å²) in [7, 11) is -2.00. The highest BCUT2D eigenvalue weighted by atomic mass is 28.3. The fourth-order valence-corrected chi connectivity index (χ4v) is 3.63. The molecule has 25 heavy (non-hydrogen) atoms. The zero-order valence-electron chi connectivity index (χ0n) is 15.7. The average Bonchev–Trinajstić information content (AvgIpc) is 2.60. The van der Waals surface area contributed by atoms with E-state index in [0.29, 0.717) is 6.61 Å². The lowest BCUT2D eigenvalue weighted by Crippen LogP contribution is -2.55. The van der Waals surface area contributed by atoms with Crippen LogP contribution in [0.5, 0.6) is 0 Å². The summed E-state index contributed by atoms with van der Waals surface area (Å²) in [5.74, 6) is -0.237. The van der Waals surface area contributed by atoms with Crippen molar-refractivity contribution in [1.82, 2.24) is 0 Å². The first-order chi connectivity index (χ1) is 11.8. The summed E-state index contributed by atoms with van der Waals surface area (Å²) < 4.78 is 5.39. The van der Waals surface area contributed by atoms with E-state index in [2.05, 4.69) is 19.6 Å². The van der Waals surface area contributed by atoms with Crippen molar-refractivity contribution >= 4 is 19.8 Å². The van der Waals surface area contributed by atoms with Gasteiger partial charge in [0.2, 0.25) is 0 Å². The number of carbonyl (C=O) groups excluding carboxylic acids is 1. The van der Waals surface area contributed by atoms with Gasteiger partial charge in [-0.05, 0) is 13.8 Å². The first kappa shape index (κ1) is 19.1. The van der Waals surface area contributed by atoms with Crippen LogP contribution in [0.2, 0.25) is 19.6 Å². The number of esters is 1. The van der Waals surface area contributed by atoms with Crippen molar-refractivity contribution in [3.8, 4) is 0 Å². The van der Waals surface area contributed by atoms with Crippen LogP contribution in [0.1, 0.15) is 25.0 Å². The molecule has 0 fully saturated rings. The van der Waals surface area contributed by atoms with E-state index in [0.717, 1.165) is 16.8 Å². The number of benzene rings is 2. The van der Waals surface area contributed by atoms with E-state index < -0.39 is 13.2 Å². The number of hydrogen-bond acceptors (Lipinski definition) is 3. The van der Waals surface area contributed by atoms with Crippen LogP contribution in [0.4, 0.5) is 0 Å². The third-order valence-corrected chi connectivity index (χ3v) is 7.80. The molecule has 0 aliphatic heterocycles. The van der Waals surface area contributed by atoms with Gasteiger partial charge >= 0.3 is 5.97 Å². The van der Waals surface area contributed by atoms with Gasteiger partial charge in [0.15, 0.2) is 0 Å². The molecule has 0 saturated carbocycles. The fourth-order valence-electron chi connectivity index (χ4n) is 2.50. The van der Waals surface area contributed by atoms with Crippen LogP contribution in [0.25, 0.3) is 0 Å². The number of aliphatic imine (C=N–C) groups is 1. The summed E-state index contributed by atoms with van der Waals surface area (Å²) in [5.41, 5.74) is 2.84. The smallest absolute Gasteiger partial charge is 0.330 e. The number of hydrogen-bond donors (Lipinski definition) is 0. The van der Waals surface area contributed by atoms with E-state index in [4.69, 9.17) is 9.73 Å². The van der Waals surface area contributed by atoms with Crippen LogP contribution in [0.3, 0.4) is 0 Å². The van der Waals surface area contributed by atoms with Gasteiger partial charge in [0.25, 0.3) is 0 Å². The Kier molecular flexibility index (Phi) is 5.96. The van der Waals surface area contributed by atoms with Crippen LogP contribution in [-0.2, 0) is 9.53 Å². The molecule has 4 heteroatoms. The molecule has 0 radical (unpaired) electrons. The van der Waals surface area contributed by atoms with Crippen molar-refractivity contribution in [3.05, 3.63) is 71.8 Å². The molecule has 2 aromatic carbocycles. The second-order valence-electron chi connectivity index (χ2n) is 7.24. The molecule has 0 heterocycles. The molecule has 0 saturated heterocycles. The first-order valence-corrected chi connectivity index (χ1v) is 12.2. The highest BCUT2D eigenvalue weighted by molar-refractivity contribution is 6.82. The largest absolute Gasteiger partial charge is 0.464 e. The highest BCUT2D eigenvalue weighted by Crippen LogP contribution is 2.29. The normalized spacial score (nSPS) is 13.6. The Balaban J connectivity index is 2.67. The van der Waals surface area contributed by atoms with Gasteiger partial charge in [0.1, 0.15) is 5.16 Å². The van der Waals surface area contributed by atoms with Crippen molar-refractivity contribution < 1.29 is 9.53 Å². The molecule has 0 spiro atoms. The Labute approximate surface area is 151 Å². The van der Waals surface area contributed by atoms with Crippen molar-refractivity contribution in [1.29, 1.82) is 0 Å². The second-order valence-corrected chi connectivity index (χ2v) is 12.7. The zero-order valence-corrected chi connectivity index (χ0v) is 16.7.